The number of benzene rings is 2. The van der Waals surface area contributed by atoms with Crippen LogP contribution in [0.5, 0.6) is 5.75 Å². The lowest BCUT2D eigenvalue weighted by molar-refractivity contribution is 0.311. The van der Waals surface area contributed by atoms with Gasteiger partial charge in [0, 0.05) is 6.07 Å². The Bertz CT molecular complexity index is 499. The first kappa shape index (κ1) is 12.4. The maximum atomic E-state index is 13.0. The fraction of sp³-hybridized carbons (Fsp3) is 0.200. The van der Waals surface area contributed by atoms with Gasteiger partial charge in [-0.1, -0.05) is 30.3 Å². The number of hydrogen-bond acceptors (Lipinski definition) is 2. The summed E-state index contributed by atoms with van der Waals surface area (Å²) in [5, 5.41) is 0. The van der Waals surface area contributed by atoms with Crippen molar-refractivity contribution in [3.05, 3.63) is 59.9 Å². The molecule has 0 aliphatic carbocycles. The average Bonchev–Trinajstić information content (AvgIpc) is 2.40. The van der Waals surface area contributed by atoms with Crippen LogP contribution in [-0.2, 0) is 6.42 Å². The van der Waals surface area contributed by atoms with Gasteiger partial charge in [0.05, 0.1) is 12.3 Å². The van der Waals surface area contributed by atoms with Crippen molar-refractivity contribution < 1.29 is 9.13 Å². The molecule has 0 bridgehead atoms. The van der Waals surface area contributed by atoms with E-state index in [0.29, 0.717) is 18.0 Å². The zero-order valence-corrected chi connectivity index (χ0v) is 10.1. The van der Waals surface area contributed by atoms with Gasteiger partial charge in [-0.3, -0.25) is 0 Å². The van der Waals surface area contributed by atoms with Crippen molar-refractivity contribution in [3.8, 4) is 5.75 Å². The van der Waals surface area contributed by atoms with Gasteiger partial charge in [0.15, 0.2) is 0 Å². The van der Waals surface area contributed by atoms with Crippen LogP contribution in [-0.4, -0.2) is 6.61 Å². The van der Waals surface area contributed by atoms with Gasteiger partial charge in [0.2, 0.25) is 0 Å². The van der Waals surface area contributed by atoms with Crippen LogP contribution in [0, 0.1) is 5.82 Å². The summed E-state index contributed by atoms with van der Waals surface area (Å²) in [6, 6.07) is 14.3. The summed E-state index contributed by atoms with van der Waals surface area (Å²) in [7, 11) is 0. The maximum Gasteiger partial charge on any atom is 0.145 e. The van der Waals surface area contributed by atoms with Crippen LogP contribution in [0.3, 0.4) is 0 Å². The number of rotatable bonds is 5. The van der Waals surface area contributed by atoms with Crippen molar-refractivity contribution in [3.63, 3.8) is 0 Å². The van der Waals surface area contributed by atoms with Gasteiger partial charge in [0.1, 0.15) is 11.6 Å². The van der Waals surface area contributed by atoms with E-state index in [0.717, 1.165) is 12.8 Å². The first-order valence-corrected chi connectivity index (χ1v) is 5.97. The fourth-order valence-corrected chi connectivity index (χ4v) is 1.74. The summed E-state index contributed by atoms with van der Waals surface area (Å²) in [6.07, 6.45) is 1.82. The van der Waals surface area contributed by atoms with Crippen LogP contribution < -0.4 is 10.5 Å². The molecule has 0 aliphatic heterocycles. The summed E-state index contributed by atoms with van der Waals surface area (Å²) in [6.45, 7) is 0.530. The third-order valence-corrected chi connectivity index (χ3v) is 2.69. The molecule has 2 aromatic carbocycles. The molecule has 0 radical (unpaired) electrons. The Hall–Kier alpha value is -2.03. The Morgan fingerprint density at radius 3 is 2.61 bits per heavy atom. The second kappa shape index (κ2) is 6.05. The molecule has 18 heavy (non-hydrogen) atoms. The molecule has 0 atom stereocenters. The van der Waals surface area contributed by atoms with E-state index in [1.165, 1.54) is 23.8 Å². The normalized spacial score (nSPS) is 10.3. The van der Waals surface area contributed by atoms with Gasteiger partial charge >= 0.3 is 0 Å². The molecule has 3 heteroatoms. The predicted molar refractivity (Wildman–Crippen MR) is 71.1 cm³/mol. The molecule has 0 saturated carbocycles. The number of nitrogen functional groups attached to an aromatic ring is 1. The van der Waals surface area contributed by atoms with Gasteiger partial charge in [-0.05, 0) is 30.5 Å². The monoisotopic (exact) mass is 245 g/mol. The van der Waals surface area contributed by atoms with Crippen molar-refractivity contribution in [1.82, 2.24) is 0 Å². The summed E-state index contributed by atoms with van der Waals surface area (Å²) in [5.41, 5.74) is 7.43. The molecule has 2 aromatic rings. The standard InChI is InChI=1S/C15H16FNO/c16-13-8-9-14(17)15(11-13)18-10-4-7-12-5-2-1-3-6-12/h1-3,5-6,8-9,11H,4,7,10,17H2. The van der Waals surface area contributed by atoms with E-state index < -0.39 is 0 Å². The smallest absolute Gasteiger partial charge is 0.145 e. The van der Waals surface area contributed by atoms with E-state index in [1.807, 2.05) is 18.2 Å². The Labute approximate surface area is 106 Å². The Kier molecular flexibility index (Phi) is 4.18. The molecular weight excluding hydrogens is 229 g/mol. The molecule has 2 rings (SSSR count). The number of ether oxygens (including phenoxy) is 1. The Balaban J connectivity index is 1.80. The highest BCUT2D eigenvalue weighted by Gasteiger charge is 2.02. The average molecular weight is 245 g/mol. The molecule has 0 heterocycles. The Morgan fingerprint density at radius 1 is 1.06 bits per heavy atom. The third-order valence-electron chi connectivity index (χ3n) is 2.69. The number of hydrogen-bond donors (Lipinski definition) is 1. The van der Waals surface area contributed by atoms with Crippen molar-refractivity contribution in [1.29, 1.82) is 0 Å². The van der Waals surface area contributed by atoms with E-state index in [-0.39, 0.29) is 5.82 Å². The van der Waals surface area contributed by atoms with E-state index >= 15 is 0 Å². The topological polar surface area (TPSA) is 35.2 Å². The number of aryl methyl sites for hydroxylation is 1. The minimum Gasteiger partial charge on any atom is -0.491 e. The number of nitrogens with two attached hydrogens (primary N) is 1. The van der Waals surface area contributed by atoms with Crippen molar-refractivity contribution in [2.24, 2.45) is 0 Å². The van der Waals surface area contributed by atoms with E-state index in [9.17, 15) is 4.39 Å². The van der Waals surface area contributed by atoms with Gasteiger partial charge in [-0.15, -0.1) is 0 Å². The van der Waals surface area contributed by atoms with Crippen LogP contribution >= 0.6 is 0 Å². The van der Waals surface area contributed by atoms with Gasteiger partial charge in [-0.2, -0.15) is 0 Å². The van der Waals surface area contributed by atoms with E-state index in [1.54, 1.807) is 0 Å². The molecule has 94 valence electrons. The second-order valence-electron chi connectivity index (χ2n) is 4.12. The number of halogens is 1. The van der Waals surface area contributed by atoms with Gasteiger partial charge < -0.3 is 10.5 Å². The van der Waals surface area contributed by atoms with Crippen LogP contribution in [0.15, 0.2) is 48.5 Å². The first-order valence-electron chi connectivity index (χ1n) is 5.97. The lowest BCUT2D eigenvalue weighted by atomic mass is 10.1. The fourth-order valence-electron chi connectivity index (χ4n) is 1.74. The lowest BCUT2D eigenvalue weighted by Crippen LogP contribution is -2.02. The summed E-state index contributed by atoms with van der Waals surface area (Å²) < 4.78 is 18.5. The Morgan fingerprint density at radius 2 is 1.83 bits per heavy atom. The molecule has 2 N–H and O–H groups in total. The lowest BCUT2D eigenvalue weighted by Gasteiger charge is -2.08. The van der Waals surface area contributed by atoms with Crippen LogP contribution in [0.25, 0.3) is 0 Å². The minimum atomic E-state index is -0.331. The quantitative estimate of drug-likeness (QED) is 0.647. The molecule has 2 nitrogen and oxygen atoms in total. The zero-order chi connectivity index (χ0) is 12.8. The second-order valence-corrected chi connectivity index (χ2v) is 4.12. The zero-order valence-electron chi connectivity index (χ0n) is 10.1. The van der Waals surface area contributed by atoms with Crippen LogP contribution in [0.2, 0.25) is 0 Å². The molecule has 0 saturated heterocycles. The highest BCUT2D eigenvalue weighted by Crippen LogP contribution is 2.22. The predicted octanol–water partition coefficient (Wildman–Crippen LogP) is 3.42. The van der Waals surface area contributed by atoms with E-state index in [4.69, 9.17) is 10.5 Å². The summed E-state index contributed by atoms with van der Waals surface area (Å²) in [4.78, 5) is 0. The van der Waals surface area contributed by atoms with E-state index in [2.05, 4.69) is 12.1 Å². The van der Waals surface area contributed by atoms with Crippen molar-refractivity contribution >= 4 is 5.69 Å². The highest BCUT2D eigenvalue weighted by molar-refractivity contribution is 5.52. The van der Waals surface area contributed by atoms with Gasteiger partial charge in [0.25, 0.3) is 0 Å². The first-order chi connectivity index (χ1) is 8.75. The third kappa shape index (κ3) is 3.48. The SMILES string of the molecule is Nc1ccc(F)cc1OCCCc1ccccc1. The molecule has 0 fully saturated rings. The molecule has 0 spiro atoms. The number of anilines is 1. The molecule has 0 aliphatic rings. The largest absolute Gasteiger partial charge is 0.491 e. The van der Waals surface area contributed by atoms with Gasteiger partial charge in [-0.25, -0.2) is 4.39 Å². The van der Waals surface area contributed by atoms with Crippen molar-refractivity contribution in [2.75, 3.05) is 12.3 Å². The van der Waals surface area contributed by atoms with Crippen molar-refractivity contribution in [2.45, 2.75) is 12.8 Å². The molecule has 0 unspecified atom stereocenters. The van der Waals surface area contributed by atoms with Crippen LogP contribution in [0.1, 0.15) is 12.0 Å². The molecular formula is C15H16FNO. The molecule has 0 aromatic heterocycles. The minimum absolute atomic E-state index is 0.331. The summed E-state index contributed by atoms with van der Waals surface area (Å²) >= 11 is 0. The highest BCUT2D eigenvalue weighted by atomic mass is 19.1. The van der Waals surface area contributed by atoms with Crippen LogP contribution in [0.4, 0.5) is 10.1 Å². The molecule has 0 amide bonds. The summed E-state index contributed by atoms with van der Waals surface area (Å²) in [5.74, 6) is 0.0883. The maximum absolute atomic E-state index is 13.0.